The van der Waals surface area contributed by atoms with Crippen molar-refractivity contribution < 1.29 is 0 Å². The van der Waals surface area contributed by atoms with E-state index in [9.17, 15) is 0 Å². The first-order valence-electron chi connectivity index (χ1n) is 6.05. The average molecular weight is 209 g/mol. The highest BCUT2D eigenvalue weighted by Gasteiger charge is 2.40. The van der Waals surface area contributed by atoms with Gasteiger partial charge >= 0.3 is 0 Å². The van der Waals surface area contributed by atoms with Crippen LogP contribution in [0.4, 0.5) is 0 Å². The third-order valence-electron chi connectivity index (χ3n) is 4.34. The fraction of sp³-hybridized carbons (Fsp3) is 0.833. The number of hydrazine groups is 1. The summed E-state index contributed by atoms with van der Waals surface area (Å²) >= 11 is 0. The van der Waals surface area contributed by atoms with Gasteiger partial charge in [-0.1, -0.05) is 6.08 Å². The molecule has 2 heterocycles. The second kappa shape index (κ2) is 4.64. The van der Waals surface area contributed by atoms with Gasteiger partial charge in [0, 0.05) is 18.1 Å². The molecule has 2 aliphatic rings. The van der Waals surface area contributed by atoms with E-state index in [1.54, 1.807) is 0 Å². The van der Waals surface area contributed by atoms with Gasteiger partial charge in [-0.15, -0.1) is 6.58 Å². The lowest BCUT2D eigenvalue weighted by Gasteiger charge is -2.39. The Kier molecular flexibility index (Phi) is 3.44. The number of nitrogens with one attached hydrogen (secondary N) is 1. The summed E-state index contributed by atoms with van der Waals surface area (Å²) in [4.78, 5) is 2.57. The molecule has 2 fully saturated rings. The van der Waals surface area contributed by atoms with Gasteiger partial charge in [-0.25, -0.2) is 0 Å². The van der Waals surface area contributed by atoms with Crippen LogP contribution in [0, 0.1) is 5.92 Å². The molecule has 2 saturated heterocycles. The fourth-order valence-electron chi connectivity index (χ4n) is 3.36. The third kappa shape index (κ3) is 2.10. The van der Waals surface area contributed by atoms with Crippen molar-refractivity contribution in [3.05, 3.63) is 12.7 Å². The van der Waals surface area contributed by atoms with Crippen LogP contribution in [0.3, 0.4) is 0 Å². The molecule has 3 unspecified atom stereocenters. The second-order valence-corrected chi connectivity index (χ2v) is 5.08. The van der Waals surface area contributed by atoms with E-state index in [2.05, 4.69) is 24.0 Å². The van der Waals surface area contributed by atoms with E-state index in [1.165, 1.54) is 25.7 Å². The third-order valence-corrected chi connectivity index (χ3v) is 4.34. The zero-order valence-electron chi connectivity index (χ0n) is 9.65. The molecular weight excluding hydrogens is 186 g/mol. The molecule has 0 saturated carbocycles. The average Bonchev–Trinajstić information content (AvgIpc) is 2.50. The van der Waals surface area contributed by atoms with Gasteiger partial charge in [0.15, 0.2) is 0 Å². The summed E-state index contributed by atoms with van der Waals surface area (Å²) in [6, 6.07) is 2.03. The molecule has 2 aliphatic heterocycles. The van der Waals surface area contributed by atoms with Gasteiger partial charge in [0.2, 0.25) is 0 Å². The Hall–Kier alpha value is -0.380. The zero-order valence-corrected chi connectivity index (χ0v) is 9.65. The van der Waals surface area contributed by atoms with Crippen molar-refractivity contribution in [3.8, 4) is 0 Å². The molecule has 0 spiro atoms. The molecule has 3 heteroatoms. The second-order valence-electron chi connectivity index (χ2n) is 5.08. The largest absolute Gasteiger partial charge is 0.300 e. The maximum Gasteiger partial charge on any atom is 0.0274 e. The zero-order chi connectivity index (χ0) is 10.8. The van der Waals surface area contributed by atoms with Crippen LogP contribution in [0.5, 0.6) is 0 Å². The molecule has 0 aromatic heterocycles. The number of rotatable bonds is 4. The number of nitrogens with zero attached hydrogens (tertiary/aromatic N) is 1. The van der Waals surface area contributed by atoms with Gasteiger partial charge in [0.1, 0.15) is 0 Å². The minimum absolute atomic E-state index is 0.430. The van der Waals surface area contributed by atoms with Crippen LogP contribution >= 0.6 is 0 Å². The first kappa shape index (κ1) is 11.1. The van der Waals surface area contributed by atoms with Crippen LogP contribution in [0.2, 0.25) is 0 Å². The molecule has 3 atom stereocenters. The SMILES string of the molecule is C=CCC(NN)C1CC2CCC(C1)N2C. The lowest BCUT2D eigenvalue weighted by molar-refractivity contribution is 0.113. The minimum atomic E-state index is 0.430. The van der Waals surface area contributed by atoms with Crippen LogP contribution in [0.25, 0.3) is 0 Å². The van der Waals surface area contributed by atoms with E-state index in [0.29, 0.717) is 6.04 Å². The Morgan fingerprint density at radius 2 is 2.07 bits per heavy atom. The minimum Gasteiger partial charge on any atom is -0.300 e. The van der Waals surface area contributed by atoms with E-state index >= 15 is 0 Å². The normalized spacial score (nSPS) is 37.9. The summed E-state index contributed by atoms with van der Waals surface area (Å²) in [7, 11) is 2.27. The Labute approximate surface area is 92.7 Å². The Bertz CT molecular complexity index is 215. The molecule has 2 bridgehead atoms. The molecular formula is C12H23N3. The molecule has 0 radical (unpaired) electrons. The standard InChI is InChI=1S/C12H23N3/c1-3-4-12(14-13)9-7-10-5-6-11(8-9)15(10)2/h3,9-12,14H,1,4-8,13H2,2H3. The Morgan fingerprint density at radius 3 is 2.53 bits per heavy atom. The van der Waals surface area contributed by atoms with Crippen LogP contribution in [-0.2, 0) is 0 Å². The molecule has 15 heavy (non-hydrogen) atoms. The predicted octanol–water partition coefficient (Wildman–Crippen LogP) is 1.27. The highest BCUT2D eigenvalue weighted by atomic mass is 15.2. The van der Waals surface area contributed by atoms with Gasteiger partial charge in [0.25, 0.3) is 0 Å². The van der Waals surface area contributed by atoms with Crippen molar-refractivity contribution in [1.29, 1.82) is 0 Å². The smallest absolute Gasteiger partial charge is 0.0274 e. The highest BCUT2D eigenvalue weighted by Crippen LogP contribution is 2.39. The van der Waals surface area contributed by atoms with Crippen molar-refractivity contribution in [2.24, 2.45) is 11.8 Å². The maximum atomic E-state index is 5.62. The van der Waals surface area contributed by atoms with Crippen LogP contribution in [0.1, 0.15) is 32.1 Å². The Balaban J connectivity index is 1.97. The molecule has 0 aromatic rings. The van der Waals surface area contributed by atoms with Gasteiger partial charge in [-0.3, -0.25) is 11.3 Å². The van der Waals surface area contributed by atoms with E-state index in [0.717, 1.165) is 24.4 Å². The summed E-state index contributed by atoms with van der Waals surface area (Å²) < 4.78 is 0. The number of hydrogen-bond donors (Lipinski definition) is 2. The van der Waals surface area contributed by atoms with E-state index in [1.807, 2.05) is 6.08 Å². The maximum absolute atomic E-state index is 5.62. The van der Waals surface area contributed by atoms with Crippen molar-refractivity contribution in [2.75, 3.05) is 7.05 Å². The van der Waals surface area contributed by atoms with Crippen LogP contribution < -0.4 is 11.3 Å². The van der Waals surface area contributed by atoms with Crippen molar-refractivity contribution in [3.63, 3.8) is 0 Å². The summed E-state index contributed by atoms with van der Waals surface area (Å²) in [6.07, 6.45) is 8.33. The summed E-state index contributed by atoms with van der Waals surface area (Å²) in [5, 5.41) is 0. The Morgan fingerprint density at radius 1 is 1.47 bits per heavy atom. The van der Waals surface area contributed by atoms with E-state index in [-0.39, 0.29) is 0 Å². The van der Waals surface area contributed by atoms with Crippen molar-refractivity contribution in [2.45, 2.75) is 50.2 Å². The summed E-state index contributed by atoms with van der Waals surface area (Å²) in [5.41, 5.74) is 2.97. The quantitative estimate of drug-likeness (QED) is 0.416. The fourth-order valence-corrected chi connectivity index (χ4v) is 3.36. The topological polar surface area (TPSA) is 41.3 Å². The van der Waals surface area contributed by atoms with Gasteiger partial charge in [-0.05, 0) is 45.1 Å². The molecule has 3 nitrogen and oxygen atoms in total. The first-order valence-corrected chi connectivity index (χ1v) is 6.05. The molecule has 0 aliphatic carbocycles. The highest BCUT2D eigenvalue weighted by molar-refractivity contribution is 4.97. The number of piperidine rings is 1. The molecule has 0 amide bonds. The molecule has 0 aromatic carbocycles. The lowest BCUT2D eigenvalue weighted by atomic mass is 9.84. The molecule has 2 rings (SSSR count). The van der Waals surface area contributed by atoms with Crippen molar-refractivity contribution in [1.82, 2.24) is 10.3 Å². The van der Waals surface area contributed by atoms with Crippen LogP contribution in [-0.4, -0.2) is 30.1 Å². The predicted molar refractivity (Wildman–Crippen MR) is 63.2 cm³/mol. The van der Waals surface area contributed by atoms with Gasteiger partial charge < -0.3 is 4.90 Å². The van der Waals surface area contributed by atoms with Crippen LogP contribution in [0.15, 0.2) is 12.7 Å². The van der Waals surface area contributed by atoms with E-state index < -0.39 is 0 Å². The van der Waals surface area contributed by atoms with Gasteiger partial charge in [-0.2, -0.15) is 0 Å². The summed E-state index contributed by atoms with van der Waals surface area (Å²) in [6.45, 7) is 3.81. The molecule has 3 N–H and O–H groups in total. The number of nitrogens with two attached hydrogens (primary N) is 1. The molecule has 86 valence electrons. The van der Waals surface area contributed by atoms with E-state index in [4.69, 9.17) is 5.84 Å². The van der Waals surface area contributed by atoms with Gasteiger partial charge in [0.05, 0.1) is 0 Å². The first-order chi connectivity index (χ1) is 7.26. The van der Waals surface area contributed by atoms with Crippen molar-refractivity contribution >= 4 is 0 Å². The number of hydrogen-bond acceptors (Lipinski definition) is 3. The summed E-state index contributed by atoms with van der Waals surface area (Å²) in [5.74, 6) is 6.36. The lowest BCUT2D eigenvalue weighted by Crippen LogP contribution is -2.48. The monoisotopic (exact) mass is 209 g/mol. The number of fused-ring (bicyclic) bond motifs is 2.